The van der Waals surface area contributed by atoms with Crippen LogP contribution in [0.5, 0.6) is 0 Å². The molecule has 0 radical (unpaired) electrons. The van der Waals surface area contributed by atoms with Crippen molar-refractivity contribution < 1.29 is 18.9 Å². The first-order valence-corrected chi connectivity index (χ1v) is 6.33. The molecule has 0 N–H and O–H groups in total. The Kier molecular flexibility index (Phi) is 4.60. The van der Waals surface area contributed by atoms with Gasteiger partial charge in [0.15, 0.2) is 6.61 Å². The Labute approximate surface area is 119 Å². The van der Waals surface area contributed by atoms with Gasteiger partial charge in [-0.3, -0.25) is 14.9 Å². The van der Waals surface area contributed by atoms with Crippen molar-refractivity contribution in [2.24, 2.45) is 0 Å². The number of hydrogen-bond donors (Lipinski definition) is 0. The molecule has 0 unspecified atom stereocenters. The topological polar surface area (TPSA) is 108 Å². The normalized spacial score (nSPS) is 10.3. The molecular weight excluding hydrogens is 278 g/mol. The predicted molar refractivity (Wildman–Crippen MR) is 71.1 cm³/mol. The maximum absolute atomic E-state index is 11.2. The number of benzene rings is 1. The van der Waals surface area contributed by atoms with Crippen LogP contribution < -0.4 is 0 Å². The maximum atomic E-state index is 11.2. The smallest absolute Gasteiger partial charge is 0.306 e. The van der Waals surface area contributed by atoms with Gasteiger partial charge in [-0.25, -0.2) is 0 Å². The molecule has 1 aromatic heterocycles. The first-order valence-electron chi connectivity index (χ1n) is 6.33. The van der Waals surface area contributed by atoms with Gasteiger partial charge in [-0.2, -0.15) is 0 Å². The van der Waals surface area contributed by atoms with Crippen molar-refractivity contribution in [1.82, 2.24) is 10.2 Å². The van der Waals surface area contributed by atoms with Crippen molar-refractivity contribution in [1.29, 1.82) is 0 Å². The number of carbonyl (C=O) groups excluding carboxylic acids is 1. The number of carbonyl (C=O) groups is 1. The number of nitrogens with zero attached hydrogens (tertiary/aromatic N) is 3. The average molecular weight is 291 g/mol. The van der Waals surface area contributed by atoms with Crippen LogP contribution in [-0.2, 0) is 16.1 Å². The zero-order valence-corrected chi connectivity index (χ0v) is 11.3. The summed E-state index contributed by atoms with van der Waals surface area (Å²) >= 11 is 0. The molecule has 0 aliphatic heterocycles. The van der Waals surface area contributed by atoms with E-state index in [1.165, 1.54) is 24.3 Å². The number of non-ortho nitro benzene ring substituents is 1. The number of rotatable bonds is 6. The summed E-state index contributed by atoms with van der Waals surface area (Å²) in [7, 11) is 0. The zero-order valence-electron chi connectivity index (χ0n) is 11.3. The van der Waals surface area contributed by atoms with E-state index >= 15 is 0 Å². The zero-order chi connectivity index (χ0) is 15.2. The molecule has 0 saturated heterocycles. The number of ether oxygens (including phenoxy) is 1. The van der Waals surface area contributed by atoms with Crippen LogP contribution in [0, 0.1) is 10.1 Å². The van der Waals surface area contributed by atoms with Crippen molar-refractivity contribution in [3.8, 4) is 11.5 Å². The minimum Gasteiger partial charge on any atom is -0.456 e. The lowest BCUT2D eigenvalue weighted by molar-refractivity contribution is -0.384. The number of nitro benzene ring substituents is 1. The molecule has 8 heteroatoms. The van der Waals surface area contributed by atoms with Gasteiger partial charge in [0.2, 0.25) is 5.89 Å². The monoisotopic (exact) mass is 291 g/mol. The Bertz CT molecular complexity index is 636. The lowest BCUT2D eigenvalue weighted by Gasteiger charge is -1.99. The quantitative estimate of drug-likeness (QED) is 0.457. The molecule has 21 heavy (non-hydrogen) atoms. The molecule has 0 amide bonds. The summed E-state index contributed by atoms with van der Waals surface area (Å²) in [6.45, 7) is 1.79. The summed E-state index contributed by atoms with van der Waals surface area (Å²) in [5.41, 5.74) is 0.534. The van der Waals surface area contributed by atoms with Gasteiger partial charge < -0.3 is 9.15 Å². The molecule has 0 bridgehead atoms. The summed E-state index contributed by atoms with van der Waals surface area (Å²) in [5.74, 6) is 0.0619. The highest BCUT2D eigenvalue weighted by molar-refractivity contribution is 5.69. The molecule has 2 rings (SSSR count). The first-order chi connectivity index (χ1) is 10.1. The third-order valence-electron chi connectivity index (χ3n) is 2.60. The third kappa shape index (κ3) is 3.85. The second-order valence-electron chi connectivity index (χ2n) is 4.22. The third-order valence-corrected chi connectivity index (χ3v) is 2.60. The predicted octanol–water partition coefficient (Wildman–Crippen LogP) is 2.49. The fraction of sp³-hybridized carbons (Fsp3) is 0.308. The summed E-state index contributed by atoms with van der Waals surface area (Å²) in [5, 5.41) is 18.1. The van der Waals surface area contributed by atoms with Crippen molar-refractivity contribution >= 4 is 11.7 Å². The highest BCUT2D eigenvalue weighted by atomic mass is 16.6. The molecule has 0 aliphatic rings. The van der Waals surface area contributed by atoms with Crippen molar-refractivity contribution in [3.63, 3.8) is 0 Å². The van der Waals surface area contributed by atoms with Gasteiger partial charge in [0.25, 0.3) is 11.6 Å². The first kappa shape index (κ1) is 14.6. The molecule has 0 atom stereocenters. The SMILES string of the molecule is CCCC(=O)OCc1nnc(-c2ccc([N+](=O)[O-])cc2)o1. The summed E-state index contributed by atoms with van der Waals surface area (Å²) in [4.78, 5) is 21.3. The van der Waals surface area contributed by atoms with E-state index in [-0.39, 0.29) is 30.0 Å². The Balaban J connectivity index is 2.02. The number of aromatic nitrogens is 2. The van der Waals surface area contributed by atoms with Crippen LogP contribution in [0.3, 0.4) is 0 Å². The van der Waals surface area contributed by atoms with Crippen LogP contribution in [0.4, 0.5) is 5.69 Å². The van der Waals surface area contributed by atoms with Gasteiger partial charge in [0.1, 0.15) is 0 Å². The fourth-order valence-corrected chi connectivity index (χ4v) is 1.57. The highest BCUT2D eigenvalue weighted by Gasteiger charge is 2.12. The van der Waals surface area contributed by atoms with E-state index < -0.39 is 4.92 Å². The fourth-order valence-electron chi connectivity index (χ4n) is 1.57. The molecule has 2 aromatic rings. The van der Waals surface area contributed by atoms with Gasteiger partial charge in [-0.05, 0) is 18.6 Å². The Morgan fingerprint density at radius 1 is 1.33 bits per heavy atom. The van der Waals surface area contributed by atoms with E-state index in [9.17, 15) is 14.9 Å². The molecule has 1 heterocycles. The largest absolute Gasteiger partial charge is 0.456 e. The van der Waals surface area contributed by atoms with Gasteiger partial charge in [-0.1, -0.05) is 6.92 Å². The molecule has 0 fully saturated rings. The van der Waals surface area contributed by atoms with E-state index in [2.05, 4.69) is 10.2 Å². The Hall–Kier alpha value is -2.77. The van der Waals surface area contributed by atoms with Crippen LogP contribution in [-0.4, -0.2) is 21.1 Å². The second kappa shape index (κ2) is 6.60. The minimum absolute atomic E-state index is 0.0213. The molecule has 8 nitrogen and oxygen atoms in total. The Morgan fingerprint density at radius 3 is 2.67 bits per heavy atom. The van der Waals surface area contributed by atoms with Crippen LogP contribution in [0.15, 0.2) is 28.7 Å². The molecule has 0 saturated carbocycles. The lowest BCUT2D eigenvalue weighted by Crippen LogP contribution is -2.03. The number of esters is 1. The molecule has 110 valence electrons. The van der Waals surface area contributed by atoms with Crippen molar-refractivity contribution in [2.45, 2.75) is 26.4 Å². The van der Waals surface area contributed by atoms with Crippen LogP contribution in [0.2, 0.25) is 0 Å². The van der Waals surface area contributed by atoms with E-state index in [1.54, 1.807) is 0 Å². The van der Waals surface area contributed by atoms with Crippen LogP contribution >= 0.6 is 0 Å². The van der Waals surface area contributed by atoms with Crippen molar-refractivity contribution in [3.05, 3.63) is 40.3 Å². The van der Waals surface area contributed by atoms with E-state index in [0.717, 1.165) is 0 Å². The van der Waals surface area contributed by atoms with E-state index in [4.69, 9.17) is 9.15 Å². The summed E-state index contributed by atoms with van der Waals surface area (Å²) < 4.78 is 10.3. The van der Waals surface area contributed by atoms with E-state index in [1.807, 2.05) is 6.92 Å². The van der Waals surface area contributed by atoms with E-state index in [0.29, 0.717) is 18.4 Å². The maximum Gasteiger partial charge on any atom is 0.306 e. The van der Waals surface area contributed by atoms with Crippen LogP contribution in [0.1, 0.15) is 25.7 Å². The molecule has 0 spiro atoms. The van der Waals surface area contributed by atoms with Crippen LogP contribution in [0.25, 0.3) is 11.5 Å². The molecular formula is C13H13N3O5. The molecule has 0 aliphatic carbocycles. The van der Waals surface area contributed by atoms with Crippen molar-refractivity contribution in [2.75, 3.05) is 0 Å². The number of hydrogen-bond acceptors (Lipinski definition) is 7. The standard InChI is InChI=1S/C13H13N3O5/c1-2-3-12(17)20-8-11-14-15-13(21-11)9-4-6-10(7-5-9)16(18)19/h4-7H,2-3,8H2,1H3. The minimum atomic E-state index is -0.490. The number of nitro groups is 1. The summed E-state index contributed by atoms with van der Waals surface area (Å²) in [6, 6.07) is 5.72. The van der Waals surface area contributed by atoms with Gasteiger partial charge >= 0.3 is 5.97 Å². The highest BCUT2D eigenvalue weighted by Crippen LogP contribution is 2.21. The van der Waals surface area contributed by atoms with Gasteiger partial charge in [-0.15, -0.1) is 10.2 Å². The lowest BCUT2D eigenvalue weighted by atomic mass is 10.2. The summed E-state index contributed by atoms with van der Waals surface area (Å²) in [6.07, 6.45) is 1.04. The van der Waals surface area contributed by atoms with Gasteiger partial charge in [0, 0.05) is 24.1 Å². The average Bonchev–Trinajstić information content (AvgIpc) is 2.94. The second-order valence-corrected chi connectivity index (χ2v) is 4.22. The Morgan fingerprint density at radius 2 is 2.05 bits per heavy atom. The van der Waals surface area contributed by atoms with Gasteiger partial charge in [0.05, 0.1) is 4.92 Å². The molecule has 1 aromatic carbocycles.